The van der Waals surface area contributed by atoms with Crippen LogP contribution in [0.15, 0.2) is 173 Å². The van der Waals surface area contributed by atoms with E-state index in [0.29, 0.717) is 5.82 Å². The van der Waals surface area contributed by atoms with E-state index in [-0.39, 0.29) is 0 Å². The Morgan fingerprint density at radius 3 is 1.75 bits per heavy atom. The van der Waals surface area contributed by atoms with Crippen molar-refractivity contribution in [2.24, 2.45) is 0 Å². The number of hydrogen-bond acceptors (Lipinski definition) is 4. The number of aromatic nitrogens is 2. The fourth-order valence-electron chi connectivity index (χ4n) is 7.40. The molecule has 0 saturated carbocycles. The zero-order valence-electron chi connectivity index (χ0n) is 27.8. The molecule has 0 aliphatic rings. The first-order valence-electron chi connectivity index (χ1n) is 17.2. The van der Waals surface area contributed by atoms with Crippen LogP contribution in [0.2, 0.25) is 0 Å². The predicted octanol–water partition coefficient (Wildman–Crippen LogP) is 12.9. The fourth-order valence-corrected chi connectivity index (χ4v) is 7.40. The summed E-state index contributed by atoms with van der Waals surface area (Å²) in [5.41, 5.74) is 13.7. The summed E-state index contributed by atoms with van der Waals surface area (Å²) in [7, 11) is 0. The molecule has 51 heavy (non-hydrogen) atoms. The van der Waals surface area contributed by atoms with Gasteiger partial charge in [-0.3, -0.25) is 0 Å². The first kappa shape index (κ1) is 29.2. The van der Waals surface area contributed by atoms with Crippen molar-refractivity contribution in [3.8, 4) is 56.2 Å². The molecule has 240 valence electrons. The minimum Gasteiger partial charge on any atom is -0.456 e. The van der Waals surface area contributed by atoms with Crippen LogP contribution in [-0.2, 0) is 0 Å². The number of benzene rings is 7. The average Bonchev–Trinajstić information content (AvgIpc) is 3.77. The molecule has 0 radical (unpaired) electrons. The third-order valence-corrected chi connectivity index (χ3v) is 9.91. The molecule has 0 spiro atoms. The van der Waals surface area contributed by atoms with Crippen LogP contribution >= 0.6 is 0 Å². The van der Waals surface area contributed by atoms with Gasteiger partial charge in [-0.15, -0.1) is 0 Å². The molecule has 4 heteroatoms. The summed E-state index contributed by atoms with van der Waals surface area (Å²) in [6, 6.07) is 56.6. The lowest BCUT2D eigenvalue weighted by Crippen LogP contribution is -2.00. The van der Waals surface area contributed by atoms with Crippen LogP contribution in [0.5, 0.6) is 0 Å². The van der Waals surface area contributed by atoms with Crippen molar-refractivity contribution in [3.63, 3.8) is 0 Å². The zero-order valence-corrected chi connectivity index (χ0v) is 27.8. The van der Waals surface area contributed by atoms with Crippen LogP contribution in [0.3, 0.4) is 0 Å². The molecule has 0 N–H and O–H groups in total. The Bertz CT molecular complexity index is 2900. The Labute approximate surface area is 294 Å². The first-order chi connectivity index (χ1) is 25.2. The molecule has 0 atom stereocenters. The number of rotatable bonds is 5. The van der Waals surface area contributed by atoms with Crippen molar-refractivity contribution >= 4 is 43.9 Å². The van der Waals surface area contributed by atoms with Crippen molar-refractivity contribution in [1.29, 1.82) is 0 Å². The van der Waals surface area contributed by atoms with Gasteiger partial charge in [0, 0.05) is 49.4 Å². The van der Waals surface area contributed by atoms with E-state index >= 15 is 0 Å². The molecular weight excluding hydrogens is 625 g/mol. The summed E-state index contributed by atoms with van der Waals surface area (Å²) in [5.74, 6) is 0.656. The summed E-state index contributed by atoms with van der Waals surface area (Å²) >= 11 is 0. The van der Waals surface area contributed by atoms with Crippen LogP contribution in [-0.4, -0.2) is 9.97 Å². The van der Waals surface area contributed by atoms with Gasteiger partial charge in [0.05, 0.1) is 11.4 Å². The Balaban J connectivity index is 1.15. The molecular formula is C47H30N2O2. The van der Waals surface area contributed by atoms with E-state index in [2.05, 4.69) is 134 Å². The van der Waals surface area contributed by atoms with Gasteiger partial charge in [-0.25, -0.2) is 9.97 Å². The minimum absolute atomic E-state index is 0.656. The molecule has 10 aromatic rings. The molecule has 0 unspecified atom stereocenters. The topological polar surface area (TPSA) is 52.1 Å². The quantitative estimate of drug-likeness (QED) is 0.185. The van der Waals surface area contributed by atoms with E-state index in [1.165, 1.54) is 0 Å². The van der Waals surface area contributed by atoms with Crippen molar-refractivity contribution in [2.45, 2.75) is 6.92 Å². The van der Waals surface area contributed by atoms with Gasteiger partial charge in [-0.05, 0) is 47.9 Å². The third kappa shape index (κ3) is 4.84. The van der Waals surface area contributed by atoms with Gasteiger partial charge in [0.25, 0.3) is 0 Å². The van der Waals surface area contributed by atoms with Crippen LogP contribution in [0.1, 0.15) is 5.56 Å². The minimum atomic E-state index is 0.656. The summed E-state index contributed by atoms with van der Waals surface area (Å²) in [4.78, 5) is 10.6. The van der Waals surface area contributed by atoms with E-state index in [0.717, 1.165) is 99.8 Å². The van der Waals surface area contributed by atoms with Gasteiger partial charge in [0.1, 0.15) is 22.3 Å². The van der Waals surface area contributed by atoms with E-state index in [4.69, 9.17) is 18.8 Å². The van der Waals surface area contributed by atoms with Gasteiger partial charge in [0.2, 0.25) is 0 Å². The van der Waals surface area contributed by atoms with Crippen molar-refractivity contribution in [1.82, 2.24) is 9.97 Å². The predicted molar refractivity (Wildman–Crippen MR) is 209 cm³/mol. The smallest absolute Gasteiger partial charge is 0.161 e. The largest absolute Gasteiger partial charge is 0.456 e. The van der Waals surface area contributed by atoms with E-state index in [1.807, 2.05) is 36.4 Å². The van der Waals surface area contributed by atoms with E-state index in [1.54, 1.807) is 0 Å². The molecule has 3 aromatic heterocycles. The van der Waals surface area contributed by atoms with Crippen LogP contribution in [0.4, 0.5) is 0 Å². The molecule has 0 bridgehead atoms. The van der Waals surface area contributed by atoms with Crippen molar-refractivity contribution < 1.29 is 8.83 Å². The maximum atomic E-state index is 6.40. The van der Waals surface area contributed by atoms with E-state index in [9.17, 15) is 0 Å². The Morgan fingerprint density at radius 1 is 0.392 bits per heavy atom. The number of furan rings is 2. The fraction of sp³-hybridized carbons (Fsp3) is 0.0213. The molecule has 7 aromatic carbocycles. The second-order valence-electron chi connectivity index (χ2n) is 13.0. The lowest BCUT2D eigenvalue weighted by molar-refractivity contribution is 0.669. The standard InChI is InChI=1S/C47H30N2O2/c1-29-44(32-14-6-3-7-15-32)48-47(38-19-11-21-42-43(38)39-28-34(26-27-41(39)50-42)30-12-4-2-5-13-30)49-45(29)33-24-22-31(23-25-33)35-17-10-18-37-36-16-8-9-20-40(36)51-46(35)37/h2-28H,1H3. The first-order valence-corrected chi connectivity index (χ1v) is 17.2. The highest BCUT2D eigenvalue weighted by molar-refractivity contribution is 6.13. The summed E-state index contributed by atoms with van der Waals surface area (Å²) in [6.45, 7) is 2.12. The Morgan fingerprint density at radius 2 is 0.961 bits per heavy atom. The molecule has 0 aliphatic carbocycles. The highest BCUT2D eigenvalue weighted by Gasteiger charge is 2.20. The molecule has 10 rings (SSSR count). The van der Waals surface area contributed by atoms with Crippen LogP contribution in [0.25, 0.3) is 100 Å². The maximum absolute atomic E-state index is 6.40. The molecule has 3 heterocycles. The lowest BCUT2D eigenvalue weighted by Gasteiger charge is -2.14. The Kier molecular flexibility index (Phi) is 6.68. The number of hydrogen-bond donors (Lipinski definition) is 0. The summed E-state index contributed by atoms with van der Waals surface area (Å²) in [6.07, 6.45) is 0. The second kappa shape index (κ2) is 11.7. The average molecular weight is 655 g/mol. The van der Waals surface area contributed by atoms with Crippen molar-refractivity contribution in [2.75, 3.05) is 0 Å². The molecule has 4 nitrogen and oxygen atoms in total. The van der Waals surface area contributed by atoms with Crippen LogP contribution < -0.4 is 0 Å². The van der Waals surface area contributed by atoms with Gasteiger partial charge >= 0.3 is 0 Å². The number of fused-ring (bicyclic) bond motifs is 6. The van der Waals surface area contributed by atoms with E-state index < -0.39 is 0 Å². The normalized spacial score (nSPS) is 11.6. The van der Waals surface area contributed by atoms with Crippen LogP contribution in [0, 0.1) is 6.92 Å². The van der Waals surface area contributed by atoms with Crippen molar-refractivity contribution in [3.05, 3.63) is 169 Å². The molecule has 0 aliphatic heterocycles. The number of nitrogens with zero attached hydrogens (tertiary/aromatic N) is 2. The highest BCUT2D eigenvalue weighted by atomic mass is 16.3. The molecule has 0 amide bonds. The number of para-hydroxylation sites is 2. The zero-order chi connectivity index (χ0) is 33.9. The third-order valence-electron chi connectivity index (χ3n) is 9.91. The monoisotopic (exact) mass is 654 g/mol. The highest BCUT2D eigenvalue weighted by Crippen LogP contribution is 2.41. The van der Waals surface area contributed by atoms with Gasteiger partial charge in [0.15, 0.2) is 5.82 Å². The second-order valence-corrected chi connectivity index (χ2v) is 13.0. The van der Waals surface area contributed by atoms with Gasteiger partial charge < -0.3 is 8.83 Å². The lowest BCUT2D eigenvalue weighted by atomic mass is 9.97. The maximum Gasteiger partial charge on any atom is 0.161 e. The Hall–Kier alpha value is -6.78. The molecule has 0 saturated heterocycles. The van der Waals surface area contributed by atoms with Gasteiger partial charge in [-0.1, -0.05) is 140 Å². The molecule has 0 fully saturated rings. The summed E-state index contributed by atoms with van der Waals surface area (Å²) in [5, 5.41) is 4.29. The van der Waals surface area contributed by atoms with Gasteiger partial charge in [-0.2, -0.15) is 0 Å². The SMILES string of the molecule is Cc1c(-c2ccccc2)nc(-c2cccc3oc4ccc(-c5ccccc5)cc4c23)nc1-c1ccc(-c2cccc3c2oc2ccccc23)cc1. The summed E-state index contributed by atoms with van der Waals surface area (Å²) < 4.78 is 12.8.